The fourth-order valence-corrected chi connectivity index (χ4v) is 2.21. The molecule has 96 valence electrons. The fourth-order valence-electron chi connectivity index (χ4n) is 1.50. The van der Waals surface area contributed by atoms with Crippen LogP contribution in [0.5, 0.6) is 0 Å². The molecule has 6 heteroatoms. The molecule has 0 spiro atoms. The lowest BCUT2D eigenvalue weighted by molar-refractivity contribution is -0.141. The molecule has 0 fully saturated rings. The fraction of sp³-hybridized carbons (Fsp3) is 0.250. The minimum Gasteiger partial charge on any atom is -0.240 e. The summed E-state index contributed by atoms with van der Waals surface area (Å²) >= 11 is 1.63. The van der Waals surface area contributed by atoms with Crippen LogP contribution in [0.1, 0.15) is 12.6 Å². The molecule has 1 aromatic heterocycles. The van der Waals surface area contributed by atoms with Gasteiger partial charge in [-0.25, -0.2) is 4.68 Å². The van der Waals surface area contributed by atoms with E-state index in [0.717, 1.165) is 16.7 Å². The average Bonchev–Trinajstić information content (AvgIpc) is 2.78. The highest BCUT2D eigenvalue weighted by Gasteiger charge is 2.33. The summed E-state index contributed by atoms with van der Waals surface area (Å²) < 4.78 is 38.5. The highest BCUT2D eigenvalue weighted by molar-refractivity contribution is 7.99. The van der Waals surface area contributed by atoms with Gasteiger partial charge in [0, 0.05) is 11.1 Å². The van der Waals surface area contributed by atoms with Gasteiger partial charge in [-0.2, -0.15) is 18.3 Å². The van der Waals surface area contributed by atoms with Gasteiger partial charge in [0.25, 0.3) is 0 Å². The zero-order valence-corrected chi connectivity index (χ0v) is 10.4. The van der Waals surface area contributed by atoms with Crippen molar-refractivity contribution in [2.75, 3.05) is 5.75 Å². The third-order valence-corrected chi connectivity index (χ3v) is 3.15. The summed E-state index contributed by atoms with van der Waals surface area (Å²) in [6, 6.07) is 8.25. The van der Waals surface area contributed by atoms with Crippen molar-refractivity contribution in [3.63, 3.8) is 0 Å². The van der Waals surface area contributed by atoms with E-state index in [0.29, 0.717) is 5.69 Å². The molecule has 0 aliphatic rings. The number of nitrogens with zero attached hydrogens (tertiary/aromatic N) is 2. The van der Waals surface area contributed by atoms with Crippen LogP contribution in [-0.2, 0) is 6.18 Å². The summed E-state index contributed by atoms with van der Waals surface area (Å²) in [5, 5.41) is 3.54. The van der Waals surface area contributed by atoms with E-state index >= 15 is 0 Å². The molecular formula is C12H11F3N2S. The third-order valence-electron chi connectivity index (χ3n) is 2.27. The summed E-state index contributed by atoms with van der Waals surface area (Å²) in [4.78, 5) is 1.01. The van der Waals surface area contributed by atoms with E-state index in [4.69, 9.17) is 0 Å². The Morgan fingerprint density at radius 2 is 2.06 bits per heavy atom. The van der Waals surface area contributed by atoms with Crippen LogP contribution >= 0.6 is 11.8 Å². The Bertz CT molecular complexity index is 534. The van der Waals surface area contributed by atoms with Crippen molar-refractivity contribution in [3.8, 4) is 5.69 Å². The van der Waals surface area contributed by atoms with Crippen molar-refractivity contribution < 1.29 is 13.2 Å². The van der Waals surface area contributed by atoms with Crippen LogP contribution in [0.3, 0.4) is 0 Å². The quantitative estimate of drug-likeness (QED) is 0.786. The summed E-state index contributed by atoms with van der Waals surface area (Å²) in [5.74, 6) is 0.913. The summed E-state index contributed by atoms with van der Waals surface area (Å²) in [7, 11) is 0. The van der Waals surface area contributed by atoms with Crippen molar-refractivity contribution >= 4 is 11.8 Å². The summed E-state index contributed by atoms with van der Waals surface area (Å²) in [6.45, 7) is 2.02. The van der Waals surface area contributed by atoms with Crippen molar-refractivity contribution in [1.82, 2.24) is 9.78 Å². The zero-order valence-electron chi connectivity index (χ0n) is 9.61. The van der Waals surface area contributed by atoms with Crippen molar-refractivity contribution in [3.05, 3.63) is 42.2 Å². The maximum Gasteiger partial charge on any atom is 0.435 e. The second-order valence-electron chi connectivity index (χ2n) is 3.57. The van der Waals surface area contributed by atoms with E-state index in [9.17, 15) is 13.2 Å². The van der Waals surface area contributed by atoms with Gasteiger partial charge in [0.05, 0.1) is 5.69 Å². The molecule has 18 heavy (non-hydrogen) atoms. The molecule has 0 radical (unpaired) electrons. The van der Waals surface area contributed by atoms with Gasteiger partial charge in [-0.1, -0.05) is 13.0 Å². The molecule has 0 amide bonds. The van der Waals surface area contributed by atoms with Crippen LogP contribution < -0.4 is 0 Å². The Hall–Kier alpha value is -1.43. The number of alkyl halides is 3. The standard InChI is InChI=1S/C12H11F3N2S/c1-2-18-10-5-3-4-9(8-10)17-7-6-11(16-17)12(13,14)15/h3-8H,2H2,1H3. The van der Waals surface area contributed by atoms with Crippen LogP contribution in [-0.4, -0.2) is 15.5 Å². The van der Waals surface area contributed by atoms with E-state index in [1.165, 1.54) is 10.9 Å². The number of aromatic nitrogens is 2. The van der Waals surface area contributed by atoms with E-state index in [-0.39, 0.29) is 0 Å². The predicted octanol–water partition coefficient (Wildman–Crippen LogP) is 4.00. The molecule has 2 nitrogen and oxygen atoms in total. The highest BCUT2D eigenvalue weighted by Crippen LogP contribution is 2.28. The Kier molecular flexibility index (Phi) is 3.65. The summed E-state index contributed by atoms with van der Waals surface area (Å²) in [6.07, 6.45) is -3.08. The van der Waals surface area contributed by atoms with Gasteiger partial charge in [0.2, 0.25) is 0 Å². The second kappa shape index (κ2) is 5.06. The van der Waals surface area contributed by atoms with Gasteiger partial charge in [-0.15, -0.1) is 11.8 Å². The number of halogens is 3. The van der Waals surface area contributed by atoms with Gasteiger partial charge in [0.15, 0.2) is 5.69 Å². The normalized spacial score (nSPS) is 11.8. The minimum absolute atomic E-state index is 0.629. The molecule has 2 aromatic rings. The number of benzene rings is 1. The van der Waals surface area contributed by atoms with Crippen molar-refractivity contribution in [1.29, 1.82) is 0 Å². The van der Waals surface area contributed by atoms with Gasteiger partial charge in [-0.05, 0) is 30.0 Å². The van der Waals surface area contributed by atoms with Gasteiger partial charge >= 0.3 is 6.18 Å². The largest absolute Gasteiger partial charge is 0.435 e. The van der Waals surface area contributed by atoms with E-state index in [1.54, 1.807) is 17.8 Å². The van der Waals surface area contributed by atoms with E-state index < -0.39 is 11.9 Å². The van der Waals surface area contributed by atoms with Gasteiger partial charge in [0.1, 0.15) is 0 Å². The lowest BCUT2D eigenvalue weighted by Gasteiger charge is -2.05. The SMILES string of the molecule is CCSc1cccc(-n2ccc(C(F)(F)F)n2)c1. The average molecular weight is 272 g/mol. The van der Waals surface area contributed by atoms with Crippen molar-refractivity contribution in [2.45, 2.75) is 18.0 Å². The zero-order chi connectivity index (χ0) is 13.2. The van der Waals surface area contributed by atoms with Crippen LogP contribution in [0, 0.1) is 0 Å². The Balaban J connectivity index is 2.31. The molecule has 0 unspecified atom stereocenters. The second-order valence-corrected chi connectivity index (χ2v) is 4.91. The summed E-state index contributed by atoms with van der Waals surface area (Å²) in [5.41, 5.74) is -0.250. The lowest BCUT2D eigenvalue weighted by atomic mass is 10.3. The topological polar surface area (TPSA) is 17.8 Å². The molecule has 0 bridgehead atoms. The smallest absolute Gasteiger partial charge is 0.240 e. The van der Waals surface area contributed by atoms with Crippen LogP contribution in [0.25, 0.3) is 5.69 Å². The van der Waals surface area contributed by atoms with Crippen molar-refractivity contribution in [2.24, 2.45) is 0 Å². The Morgan fingerprint density at radius 3 is 2.67 bits per heavy atom. The highest BCUT2D eigenvalue weighted by atomic mass is 32.2. The van der Waals surface area contributed by atoms with E-state index in [2.05, 4.69) is 5.10 Å². The first-order chi connectivity index (χ1) is 8.50. The molecule has 2 rings (SSSR count). The molecule has 0 N–H and O–H groups in total. The van der Waals surface area contributed by atoms with Crippen LogP contribution in [0.2, 0.25) is 0 Å². The first-order valence-electron chi connectivity index (χ1n) is 5.37. The molecule has 0 aliphatic carbocycles. The van der Waals surface area contributed by atoms with Crippen LogP contribution in [0.15, 0.2) is 41.4 Å². The molecule has 0 saturated carbocycles. The van der Waals surface area contributed by atoms with Gasteiger partial charge in [-0.3, -0.25) is 0 Å². The Labute approximate surface area is 107 Å². The maximum atomic E-state index is 12.4. The molecular weight excluding hydrogens is 261 g/mol. The van der Waals surface area contributed by atoms with Gasteiger partial charge < -0.3 is 0 Å². The van der Waals surface area contributed by atoms with E-state index in [1.807, 2.05) is 25.1 Å². The molecule has 0 atom stereocenters. The molecule has 1 aromatic carbocycles. The maximum absolute atomic E-state index is 12.4. The monoisotopic (exact) mass is 272 g/mol. The predicted molar refractivity (Wildman–Crippen MR) is 65.0 cm³/mol. The number of hydrogen-bond acceptors (Lipinski definition) is 2. The molecule has 0 aliphatic heterocycles. The lowest BCUT2D eigenvalue weighted by Crippen LogP contribution is -2.07. The first-order valence-corrected chi connectivity index (χ1v) is 6.35. The number of rotatable bonds is 3. The minimum atomic E-state index is -4.40. The number of thioether (sulfide) groups is 1. The number of hydrogen-bond donors (Lipinski definition) is 0. The Morgan fingerprint density at radius 1 is 1.28 bits per heavy atom. The third kappa shape index (κ3) is 2.87. The molecule has 0 saturated heterocycles. The van der Waals surface area contributed by atoms with Crippen LogP contribution in [0.4, 0.5) is 13.2 Å². The first kappa shape index (κ1) is 13.0. The molecule has 1 heterocycles.